The van der Waals surface area contributed by atoms with Gasteiger partial charge < -0.3 is 5.32 Å². The van der Waals surface area contributed by atoms with E-state index >= 15 is 0 Å². The van der Waals surface area contributed by atoms with E-state index in [-0.39, 0.29) is 11.9 Å². The summed E-state index contributed by atoms with van der Waals surface area (Å²) >= 11 is 3.61. The number of thiophene rings is 1. The van der Waals surface area contributed by atoms with E-state index in [2.05, 4.69) is 52.2 Å². The van der Waals surface area contributed by atoms with Gasteiger partial charge in [0.2, 0.25) is 5.91 Å². The van der Waals surface area contributed by atoms with Gasteiger partial charge in [-0.25, -0.2) is 0 Å². The van der Waals surface area contributed by atoms with E-state index in [0.717, 1.165) is 19.5 Å². The van der Waals surface area contributed by atoms with Crippen molar-refractivity contribution in [2.75, 3.05) is 19.3 Å². The summed E-state index contributed by atoms with van der Waals surface area (Å²) in [4.78, 5) is 16.7. The predicted molar refractivity (Wildman–Crippen MR) is 98.1 cm³/mol. The van der Waals surface area contributed by atoms with Crippen LogP contribution in [-0.4, -0.2) is 30.2 Å². The first-order chi connectivity index (χ1) is 11.2. The van der Waals surface area contributed by atoms with Gasteiger partial charge in [0.15, 0.2) is 0 Å². The molecule has 0 bridgehead atoms. The van der Waals surface area contributed by atoms with Crippen LogP contribution < -0.4 is 5.32 Å². The summed E-state index contributed by atoms with van der Waals surface area (Å²) in [6.07, 6.45) is 3.19. The highest BCUT2D eigenvalue weighted by molar-refractivity contribution is 7.98. The summed E-state index contributed by atoms with van der Waals surface area (Å²) in [7, 11) is 0. The maximum absolute atomic E-state index is 11.4. The van der Waals surface area contributed by atoms with Gasteiger partial charge in [-0.2, -0.15) is 0 Å². The van der Waals surface area contributed by atoms with Gasteiger partial charge in [0.1, 0.15) is 0 Å². The monoisotopic (exact) mass is 346 g/mol. The summed E-state index contributed by atoms with van der Waals surface area (Å²) in [5, 5.41) is 5.19. The van der Waals surface area contributed by atoms with Crippen LogP contribution in [-0.2, 0) is 17.8 Å². The Kier molecular flexibility index (Phi) is 5.41. The molecule has 1 amide bonds. The van der Waals surface area contributed by atoms with Crippen molar-refractivity contribution in [2.24, 2.45) is 0 Å². The molecule has 5 heteroatoms. The average Bonchev–Trinajstić information content (AvgIpc) is 3.03. The Morgan fingerprint density at radius 3 is 2.83 bits per heavy atom. The Labute approximate surface area is 146 Å². The first-order valence-electron chi connectivity index (χ1n) is 7.85. The number of carbonyl (C=O) groups excluding carboxylic acids is 1. The molecule has 1 unspecified atom stereocenters. The molecule has 0 fully saturated rings. The molecular formula is C18H22N2OS2. The lowest BCUT2D eigenvalue weighted by Crippen LogP contribution is -2.39. The number of amides is 1. The average molecular weight is 347 g/mol. The Balaban J connectivity index is 1.81. The lowest BCUT2D eigenvalue weighted by molar-refractivity contribution is -0.119. The predicted octanol–water partition coefficient (Wildman–Crippen LogP) is 3.71. The fourth-order valence-electron chi connectivity index (χ4n) is 3.06. The number of rotatable bonds is 5. The molecule has 1 aromatic heterocycles. The van der Waals surface area contributed by atoms with E-state index in [0.29, 0.717) is 6.54 Å². The molecule has 2 heterocycles. The number of nitrogens with zero attached hydrogens (tertiary/aromatic N) is 1. The SMILES string of the molecule is CSc1ccc(C(CNC(C)=O)N2CCc3sccc3C2)cc1. The zero-order valence-electron chi connectivity index (χ0n) is 13.5. The van der Waals surface area contributed by atoms with Crippen LogP contribution in [0.1, 0.15) is 29.0 Å². The van der Waals surface area contributed by atoms with Gasteiger partial charge in [-0.15, -0.1) is 23.1 Å². The number of carbonyl (C=O) groups is 1. The molecule has 3 nitrogen and oxygen atoms in total. The fourth-order valence-corrected chi connectivity index (χ4v) is 4.36. The van der Waals surface area contributed by atoms with Crippen molar-refractivity contribution < 1.29 is 4.79 Å². The smallest absolute Gasteiger partial charge is 0.216 e. The maximum Gasteiger partial charge on any atom is 0.216 e. The maximum atomic E-state index is 11.4. The molecule has 23 heavy (non-hydrogen) atoms. The molecule has 1 aromatic carbocycles. The molecule has 122 valence electrons. The van der Waals surface area contributed by atoms with E-state index in [9.17, 15) is 4.79 Å². The molecule has 1 aliphatic rings. The highest BCUT2D eigenvalue weighted by Crippen LogP contribution is 2.30. The van der Waals surface area contributed by atoms with Crippen LogP contribution in [0.3, 0.4) is 0 Å². The van der Waals surface area contributed by atoms with Gasteiger partial charge in [-0.3, -0.25) is 9.69 Å². The lowest BCUT2D eigenvalue weighted by Gasteiger charge is -2.35. The van der Waals surface area contributed by atoms with Crippen molar-refractivity contribution in [1.29, 1.82) is 0 Å². The minimum atomic E-state index is 0.0314. The number of hydrogen-bond acceptors (Lipinski definition) is 4. The van der Waals surface area contributed by atoms with Gasteiger partial charge in [0.25, 0.3) is 0 Å². The second-order valence-electron chi connectivity index (χ2n) is 5.82. The summed E-state index contributed by atoms with van der Waals surface area (Å²) in [5.41, 5.74) is 2.71. The van der Waals surface area contributed by atoms with Crippen LogP contribution in [0, 0.1) is 0 Å². The fraction of sp³-hybridized carbons (Fsp3) is 0.389. The van der Waals surface area contributed by atoms with Gasteiger partial charge >= 0.3 is 0 Å². The van der Waals surface area contributed by atoms with Crippen molar-refractivity contribution in [1.82, 2.24) is 10.2 Å². The van der Waals surface area contributed by atoms with E-state index in [1.54, 1.807) is 18.7 Å². The third-order valence-corrected chi connectivity index (χ3v) is 6.09. The van der Waals surface area contributed by atoms with E-state index in [1.807, 2.05) is 11.3 Å². The lowest BCUT2D eigenvalue weighted by atomic mass is 10.0. The first-order valence-corrected chi connectivity index (χ1v) is 9.95. The molecule has 1 N–H and O–H groups in total. The standard InChI is InChI=1S/C18H22N2OS2/c1-13(21)19-11-17(14-3-5-16(22-2)6-4-14)20-9-7-18-15(12-20)8-10-23-18/h3-6,8,10,17H,7,9,11-12H2,1-2H3,(H,19,21). The Morgan fingerprint density at radius 1 is 1.35 bits per heavy atom. The van der Waals surface area contributed by atoms with Crippen molar-refractivity contribution in [2.45, 2.75) is 30.8 Å². The van der Waals surface area contributed by atoms with Crippen LogP contribution in [0.15, 0.2) is 40.6 Å². The third-order valence-electron chi connectivity index (χ3n) is 4.32. The summed E-state index contributed by atoms with van der Waals surface area (Å²) in [5.74, 6) is 0.0314. The first kappa shape index (κ1) is 16.6. The Bertz CT molecular complexity index is 666. The molecule has 0 spiro atoms. The number of thioether (sulfide) groups is 1. The van der Waals surface area contributed by atoms with Crippen LogP contribution in [0.2, 0.25) is 0 Å². The van der Waals surface area contributed by atoms with Gasteiger partial charge in [0.05, 0.1) is 6.04 Å². The normalized spacial score (nSPS) is 15.9. The molecule has 0 aliphatic carbocycles. The molecule has 0 radical (unpaired) electrons. The van der Waals surface area contributed by atoms with Crippen LogP contribution in [0.5, 0.6) is 0 Å². The van der Waals surface area contributed by atoms with E-state index in [4.69, 9.17) is 0 Å². The highest BCUT2D eigenvalue weighted by Gasteiger charge is 2.25. The third kappa shape index (κ3) is 3.97. The number of fused-ring (bicyclic) bond motifs is 1. The number of nitrogens with one attached hydrogen (secondary N) is 1. The zero-order chi connectivity index (χ0) is 16.2. The molecule has 0 saturated carbocycles. The van der Waals surface area contributed by atoms with Crippen molar-refractivity contribution in [3.63, 3.8) is 0 Å². The second-order valence-corrected chi connectivity index (χ2v) is 7.70. The highest BCUT2D eigenvalue weighted by atomic mass is 32.2. The van der Waals surface area contributed by atoms with Crippen LogP contribution >= 0.6 is 23.1 Å². The number of benzene rings is 1. The minimum absolute atomic E-state index is 0.0314. The molecule has 1 atom stereocenters. The minimum Gasteiger partial charge on any atom is -0.354 e. The van der Waals surface area contributed by atoms with Gasteiger partial charge in [0, 0.05) is 36.3 Å². The molecule has 1 aliphatic heterocycles. The Morgan fingerprint density at radius 2 is 2.13 bits per heavy atom. The quantitative estimate of drug-likeness (QED) is 0.838. The molecule has 0 saturated heterocycles. The van der Waals surface area contributed by atoms with Crippen molar-refractivity contribution in [3.05, 3.63) is 51.7 Å². The largest absolute Gasteiger partial charge is 0.354 e. The van der Waals surface area contributed by atoms with Crippen molar-refractivity contribution in [3.8, 4) is 0 Å². The summed E-state index contributed by atoms with van der Waals surface area (Å²) in [6, 6.07) is 11.2. The van der Waals surface area contributed by atoms with Crippen LogP contribution in [0.25, 0.3) is 0 Å². The van der Waals surface area contributed by atoms with Crippen LogP contribution in [0.4, 0.5) is 0 Å². The van der Waals surface area contributed by atoms with E-state index in [1.165, 1.54) is 20.9 Å². The molecule has 3 rings (SSSR count). The van der Waals surface area contributed by atoms with Gasteiger partial charge in [-0.1, -0.05) is 12.1 Å². The summed E-state index contributed by atoms with van der Waals surface area (Å²) in [6.45, 7) is 4.25. The van der Waals surface area contributed by atoms with E-state index < -0.39 is 0 Å². The number of hydrogen-bond donors (Lipinski definition) is 1. The topological polar surface area (TPSA) is 32.3 Å². The van der Waals surface area contributed by atoms with Gasteiger partial charge in [-0.05, 0) is 47.4 Å². The van der Waals surface area contributed by atoms with Crippen molar-refractivity contribution >= 4 is 29.0 Å². The molecule has 2 aromatic rings. The summed E-state index contributed by atoms with van der Waals surface area (Å²) < 4.78 is 0. The molecular weight excluding hydrogens is 324 g/mol. The second kappa shape index (κ2) is 7.51. The Hall–Kier alpha value is -1.30. The zero-order valence-corrected chi connectivity index (χ0v) is 15.2.